The smallest absolute Gasteiger partial charge is 0.231 e. The van der Waals surface area contributed by atoms with E-state index in [-0.39, 0.29) is 11.3 Å². The fourth-order valence-corrected chi connectivity index (χ4v) is 1.97. The van der Waals surface area contributed by atoms with E-state index in [4.69, 9.17) is 11.6 Å². The van der Waals surface area contributed by atoms with E-state index in [1.54, 1.807) is 6.07 Å². The first-order valence-electron chi connectivity index (χ1n) is 5.38. The molecule has 0 unspecified atom stereocenters. The van der Waals surface area contributed by atoms with Crippen molar-refractivity contribution in [1.29, 1.82) is 0 Å². The van der Waals surface area contributed by atoms with E-state index in [0.29, 0.717) is 10.7 Å². The summed E-state index contributed by atoms with van der Waals surface area (Å²) in [5, 5.41) is 6.52. The molecule has 1 aliphatic rings. The van der Waals surface area contributed by atoms with Gasteiger partial charge in [0.2, 0.25) is 5.91 Å². The molecule has 1 aromatic rings. The molecule has 1 aromatic carbocycles. The third kappa shape index (κ3) is 2.20. The van der Waals surface area contributed by atoms with Crippen LogP contribution in [0.3, 0.4) is 0 Å². The van der Waals surface area contributed by atoms with Crippen LogP contribution in [0.25, 0.3) is 0 Å². The Bertz CT molecular complexity index is 402. The Morgan fingerprint density at radius 1 is 1.44 bits per heavy atom. The summed E-state index contributed by atoms with van der Waals surface area (Å²) in [5.41, 5.74) is 0.477. The summed E-state index contributed by atoms with van der Waals surface area (Å²) >= 11 is 5.99. The first-order chi connectivity index (χ1) is 7.68. The Morgan fingerprint density at radius 3 is 2.69 bits per heavy atom. The van der Waals surface area contributed by atoms with Crippen LogP contribution in [0.15, 0.2) is 24.3 Å². The van der Waals surface area contributed by atoms with Crippen molar-refractivity contribution in [2.75, 3.05) is 18.9 Å². The van der Waals surface area contributed by atoms with E-state index in [0.717, 1.165) is 19.4 Å². The van der Waals surface area contributed by atoms with Gasteiger partial charge < -0.3 is 10.6 Å². The quantitative estimate of drug-likeness (QED) is 0.845. The van der Waals surface area contributed by atoms with E-state index in [2.05, 4.69) is 10.6 Å². The van der Waals surface area contributed by atoms with Gasteiger partial charge in [-0.3, -0.25) is 4.79 Å². The standard InChI is InChI=1S/C12H15ClN2O/c1-14-8-12(6-7-12)11(16)15-10-5-3-2-4-9(10)13/h2-5,14H,6-8H2,1H3,(H,15,16). The highest BCUT2D eigenvalue weighted by Crippen LogP contribution is 2.46. The lowest BCUT2D eigenvalue weighted by Crippen LogP contribution is -2.32. The van der Waals surface area contributed by atoms with E-state index < -0.39 is 0 Å². The normalized spacial score (nSPS) is 16.9. The summed E-state index contributed by atoms with van der Waals surface area (Å²) in [7, 11) is 1.86. The number of rotatable bonds is 4. The van der Waals surface area contributed by atoms with Gasteiger partial charge in [-0.1, -0.05) is 23.7 Å². The molecule has 0 aromatic heterocycles. The Kier molecular flexibility index (Phi) is 3.17. The molecule has 1 aliphatic carbocycles. The number of carbonyl (C=O) groups excluding carboxylic acids is 1. The molecule has 0 atom stereocenters. The monoisotopic (exact) mass is 238 g/mol. The number of hydrogen-bond acceptors (Lipinski definition) is 2. The van der Waals surface area contributed by atoms with E-state index in [1.165, 1.54) is 0 Å². The predicted octanol–water partition coefficient (Wildman–Crippen LogP) is 2.28. The lowest BCUT2D eigenvalue weighted by atomic mass is 10.1. The second-order valence-corrected chi connectivity index (χ2v) is 4.65. The molecule has 16 heavy (non-hydrogen) atoms. The first kappa shape index (κ1) is 11.4. The highest BCUT2D eigenvalue weighted by atomic mass is 35.5. The number of amides is 1. The molecule has 4 heteroatoms. The zero-order chi connectivity index (χ0) is 11.6. The van der Waals surface area contributed by atoms with Gasteiger partial charge in [0.25, 0.3) is 0 Å². The number of para-hydroxylation sites is 1. The van der Waals surface area contributed by atoms with Crippen LogP contribution in [0.5, 0.6) is 0 Å². The topological polar surface area (TPSA) is 41.1 Å². The number of halogens is 1. The van der Waals surface area contributed by atoms with E-state index in [9.17, 15) is 4.79 Å². The molecule has 2 rings (SSSR count). The summed E-state index contributed by atoms with van der Waals surface area (Å²) in [4.78, 5) is 12.0. The molecule has 2 N–H and O–H groups in total. The number of anilines is 1. The number of benzene rings is 1. The van der Waals surface area contributed by atoms with Crippen molar-refractivity contribution in [3.05, 3.63) is 29.3 Å². The van der Waals surface area contributed by atoms with Crippen molar-refractivity contribution in [1.82, 2.24) is 5.32 Å². The molecular weight excluding hydrogens is 224 g/mol. The predicted molar refractivity (Wildman–Crippen MR) is 65.7 cm³/mol. The van der Waals surface area contributed by atoms with Crippen LogP contribution in [0, 0.1) is 5.41 Å². The Balaban J connectivity index is 2.06. The molecule has 0 bridgehead atoms. The fraction of sp³-hybridized carbons (Fsp3) is 0.417. The van der Waals surface area contributed by atoms with Gasteiger partial charge in [-0.05, 0) is 32.0 Å². The van der Waals surface area contributed by atoms with Gasteiger partial charge >= 0.3 is 0 Å². The Hall–Kier alpha value is -1.06. The van der Waals surface area contributed by atoms with Crippen LogP contribution in [-0.2, 0) is 4.79 Å². The molecule has 86 valence electrons. The summed E-state index contributed by atoms with van der Waals surface area (Å²) in [6.07, 6.45) is 1.90. The van der Waals surface area contributed by atoms with Crippen molar-refractivity contribution in [3.63, 3.8) is 0 Å². The second kappa shape index (κ2) is 4.44. The van der Waals surface area contributed by atoms with Crippen molar-refractivity contribution >= 4 is 23.2 Å². The Morgan fingerprint density at radius 2 is 2.12 bits per heavy atom. The molecule has 0 heterocycles. The van der Waals surface area contributed by atoms with E-state index >= 15 is 0 Å². The molecule has 1 amide bonds. The van der Waals surface area contributed by atoms with Crippen LogP contribution in [0.1, 0.15) is 12.8 Å². The highest BCUT2D eigenvalue weighted by molar-refractivity contribution is 6.33. The maximum Gasteiger partial charge on any atom is 0.231 e. The molecule has 0 spiro atoms. The highest BCUT2D eigenvalue weighted by Gasteiger charge is 2.49. The molecule has 0 radical (unpaired) electrons. The fourth-order valence-electron chi connectivity index (χ4n) is 1.79. The van der Waals surface area contributed by atoms with Crippen LogP contribution >= 0.6 is 11.6 Å². The lowest BCUT2D eigenvalue weighted by molar-refractivity contribution is -0.120. The van der Waals surface area contributed by atoms with Gasteiger partial charge in [0.05, 0.1) is 16.1 Å². The van der Waals surface area contributed by atoms with Crippen LogP contribution in [0.4, 0.5) is 5.69 Å². The summed E-state index contributed by atoms with van der Waals surface area (Å²) in [6.45, 7) is 0.725. The number of nitrogens with one attached hydrogen (secondary N) is 2. The van der Waals surface area contributed by atoms with E-state index in [1.807, 2.05) is 25.2 Å². The van der Waals surface area contributed by atoms with Gasteiger partial charge in [0.15, 0.2) is 0 Å². The zero-order valence-electron chi connectivity index (χ0n) is 9.22. The minimum atomic E-state index is -0.214. The van der Waals surface area contributed by atoms with Crippen LogP contribution < -0.4 is 10.6 Å². The largest absolute Gasteiger partial charge is 0.324 e. The minimum Gasteiger partial charge on any atom is -0.324 e. The minimum absolute atomic E-state index is 0.0648. The maximum absolute atomic E-state index is 12.0. The first-order valence-corrected chi connectivity index (χ1v) is 5.76. The maximum atomic E-state index is 12.0. The SMILES string of the molecule is CNCC1(C(=O)Nc2ccccc2Cl)CC1. The van der Waals surface area contributed by atoms with Crippen molar-refractivity contribution in [3.8, 4) is 0 Å². The molecule has 3 nitrogen and oxygen atoms in total. The molecule has 0 saturated heterocycles. The molecular formula is C12H15ClN2O. The molecule has 0 aliphatic heterocycles. The molecule has 1 fully saturated rings. The van der Waals surface area contributed by atoms with Gasteiger partial charge in [-0.25, -0.2) is 0 Å². The van der Waals surface area contributed by atoms with Crippen molar-refractivity contribution in [2.24, 2.45) is 5.41 Å². The second-order valence-electron chi connectivity index (χ2n) is 4.24. The lowest BCUT2D eigenvalue weighted by Gasteiger charge is -2.15. The van der Waals surface area contributed by atoms with Gasteiger partial charge in [0.1, 0.15) is 0 Å². The average molecular weight is 239 g/mol. The van der Waals surface area contributed by atoms with Crippen molar-refractivity contribution in [2.45, 2.75) is 12.8 Å². The summed E-state index contributed by atoms with van der Waals surface area (Å²) < 4.78 is 0. The Labute approximate surface area is 100 Å². The third-order valence-electron chi connectivity index (χ3n) is 2.97. The van der Waals surface area contributed by atoms with Crippen LogP contribution in [-0.4, -0.2) is 19.5 Å². The van der Waals surface area contributed by atoms with Crippen molar-refractivity contribution < 1.29 is 4.79 Å². The third-order valence-corrected chi connectivity index (χ3v) is 3.30. The zero-order valence-corrected chi connectivity index (χ0v) is 9.97. The van der Waals surface area contributed by atoms with Gasteiger partial charge in [-0.15, -0.1) is 0 Å². The average Bonchev–Trinajstić information content (AvgIpc) is 3.03. The number of carbonyl (C=O) groups is 1. The molecule has 1 saturated carbocycles. The summed E-state index contributed by atoms with van der Waals surface area (Å²) in [5.74, 6) is 0.0648. The summed E-state index contributed by atoms with van der Waals surface area (Å²) in [6, 6.07) is 7.29. The number of hydrogen-bond donors (Lipinski definition) is 2. The van der Waals surface area contributed by atoms with Gasteiger partial charge in [-0.2, -0.15) is 0 Å². The van der Waals surface area contributed by atoms with Gasteiger partial charge in [0, 0.05) is 6.54 Å². The van der Waals surface area contributed by atoms with Crippen LogP contribution in [0.2, 0.25) is 5.02 Å².